The maximum absolute atomic E-state index is 12.9. The van der Waals surface area contributed by atoms with Gasteiger partial charge in [-0.15, -0.1) is 11.3 Å². The Morgan fingerprint density at radius 2 is 1.75 bits per heavy atom. The molecule has 0 unspecified atom stereocenters. The molecule has 2 heterocycles. The number of hydrogen-bond donors (Lipinski definition) is 1. The summed E-state index contributed by atoms with van der Waals surface area (Å²) < 4.78 is 10.3. The van der Waals surface area contributed by atoms with Crippen LogP contribution in [0.15, 0.2) is 48.5 Å². The number of thiophene rings is 1. The fourth-order valence-electron chi connectivity index (χ4n) is 3.83. The van der Waals surface area contributed by atoms with Gasteiger partial charge in [0.15, 0.2) is 0 Å². The minimum absolute atomic E-state index is 0.0413. The first-order valence-electron chi connectivity index (χ1n) is 11.0. The summed E-state index contributed by atoms with van der Waals surface area (Å²) in [5.41, 5.74) is 7.42. The number of nitriles is 1. The number of nitrogens with two attached hydrogens (primary N) is 1. The summed E-state index contributed by atoms with van der Waals surface area (Å²) in [5, 5.41) is 9.53. The van der Waals surface area contributed by atoms with Gasteiger partial charge < -0.3 is 15.2 Å². The Kier molecular flexibility index (Phi) is 7.12. The Hall–Kier alpha value is -4.49. The Bertz CT molecular complexity index is 1410. The maximum Gasteiger partial charge on any atom is 0.348 e. The second kappa shape index (κ2) is 10.4. The standard InChI is InChI=1S/C26H21N3O6S/c1-2-34-26(33)21-20(19(13-27)22(28)36-21)14-35-25(32)16-8-9-17-18(12-16)24(31)29(23(17)30)11-10-15-6-4-3-5-7-15/h3-9,12H,2,10-11,14,28H2,1H3. The molecular weight excluding hydrogens is 482 g/mol. The molecule has 0 saturated heterocycles. The van der Waals surface area contributed by atoms with Crippen molar-refractivity contribution in [1.29, 1.82) is 5.26 Å². The van der Waals surface area contributed by atoms with E-state index >= 15 is 0 Å². The van der Waals surface area contributed by atoms with Crippen LogP contribution in [0.25, 0.3) is 0 Å². The highest BCUT2D eigenvalue weighted by atomic mass is 32.1. The van der Waals surface area contributed by atoms with Gasteiger partial charge in [-0.05, 0) is 37.1 Å². The lowest BCUT2D eigenvalue weighted by atomic mass is 10.1. The molecule has 0 atom stereocenters. The van der Waals surface area contributed by atoms with E-state index < -0.39 is 30.4 Å². The van der Waals surface area contributed by atoms with Gasteiger partial charge in [0.2, 0.25) is 0 Å². The van der Waals surface area contributed by atoms with E-state index in [2.05, 4.69) is 0 Å². The smallest absolute Gasteiger partial charge is 0.348 e. The zero-order valence-electron chi connectivity index (χ0n) is 19.3. The van der Waals surface area contributed by atoms with Crippen molar-refractivity contribution in [1.82, 2.24) is 4.90 Å². The molecule has 0 aliphatic carbocycles. The number of hydrogen-bond acceptors (Lipinski definition) is 9. The SMILES string of the molecule is CCOC(=O)c1sc(N)c(C#N)c1COC(=O)c1ccc2c(c1)C(=O)N(CCc1ccccc1)C2=O. The molecule has 2 N–H and O–H groups in total. The first kappa shape index (κ1) is 24.6. The molecule has 10 heteroatoms. The van der Waals surface area contributed by atoms with Crippen molar-refractivity contribution < 1.29 is 28.7 Å². The fraction of sp³-hybridized carbons (Fsp3) is 0.192. The summed E-state index contributed by atoms with van der Waals surface area (Å²) >= 11 is 0.883. The second-order valence-electron chi connectivity index (χ2n) is 7.82. The van der Waals surface area contributed by atoms with Crippen LogP contribution >= 0.6 is 11.3 Å². The molecule has 0 bridgehead atoms. The van der Waals surface area contributed by atoms with Crippen LogP contribution in [0.2, 0.25) is 0 Å². The number of fused-ring (bicyclic) bond motifs is 1. The molecule has 1 aliphatic heterocycles. The summed E-state index contributed by atoms with van der Waals surface area (Å²) in [6, 6.07) is 15.5. The van der Waals surface area contributed by atoms with Crippen molar-refractivity contribution in [3.63, 3.8) is 0 Å². The number of carbonyl (C=O) groups excluding carboxylic acids is 4. The summed E-state index contributed by atoms with van der Waals surface area (Å²) in [5.74, 6) is -2.36. The minimum Gasteiger partial charge on any atom is -0.462 e. The van der Waals surface area contributed by atoms with Crippen molar-refractivity contribution in [2.24, 2.45) is 0 Å². The first-order valence-corrected chi connectivity index (χ1v) is 11.9. The lowest BCUT2D eigenvalue weighted by Crippen LogP contribution is -2.31. The van der Waals surface area contributed by atoms with Crippen LogP contribution in [0.1, 0.15) is 64.4 Å². The molecule has 1 aromatic heterocycles. The number of nitrogen functional groups attached to an aromatic ring is 1. The topological polar surface area (TPSA) is 140 Å². The zero-order chi connectivity index (χ0) is 25.8. The maximum atomic E-state index is 12.9. The molecule has 36 heavy (non-hydrogen) atoms. The van der Waals surface area contributed by atoms with E-state index in [9.17, 15) is 24.4 Å². The number of carbonyl (C=O) groups is 4. The van der Waals surface area contributed by atoms with Gasteiger partial charge in [-0.1, -0.05) is 30.3 Å². The second-order valence-corrected chi connectivity index (χ2v) is 8.87. The van der Waals surface area contributed by atoms with Crippen molar-refractivity contribution >= 4 is 40.1 Å². The van der Waals surface area contributed by atoms with Gasteiger partial charge in [0.05, 0.1) is 28.9 Å². The molecular formula is C26H21N3O6S. The molecule has 0 fully saturated rings. The molecule has 2 amide bonds. The number of ether oxygens (including phenoxy) is 2. The predicted molar refractivity (Wildman–Crippen MR) is 130 cm³/mol. The third kappa shape index (κ3) is 4.69. The first-order chi connectivity index (χ1) is 17.3. The van der Waals surface area contributed by atoms with Crippen LogP contribution in [-0.4, -0.2) is 41.8 Å². The van der Waals surface area contributed by atoms with Crippen LogP contribution in [0.5, 0.6) is 0 Å². The van der Waals surface area contributed by atoms with E-state index in [1.54, 1.807) is 6.92 Å². The Morgan fingerprint density at radius 3 is 2.44 bits per heavy atom. The van der Waals surface area contributed by atoms with E-state index in [1.807, 2.05) is 36.4 Å². The summed E-state index contributed by atoms with van der Waals surface area (Å²) in [6.45, 7) is 1.59. The highest BCUT2D eigenvalue weighted by Gasteiger charge is 2.36. The van der Waals surface area contributed by atoms with Gasteiger partial charge in [0, 0.05) is 12.1 Å². The van der Waals surface area contributed by atoms with Gasteiger partial charge in [-0.2, -0.15) is 5.26 Å². The van der Waals surface area contributed by atoms with E-state index in [0.717, 1.165) is 21.8 Å². The monoisotopic (exact) mass is 503 g/mol. The molecule has 182 valence electrons. The Morgan fingerprint density at radius 1 is 1.03 bits per heavy atom. The van der Waals surface area contributed by atoms with Gasteiger partial charge in [-0.3, -0.25) is 14.5 Å². The van der Waals surface area contributed by atoms with Gasteiger partial charge >= 0.3 is 11.9 Å². The number of nitrogens with zero attached hydrogens (tertiary/aromatic N) is 2. The average molecular weight is 504 g/mol. The van der Waals surface area contributed by atoms with Crippen LogP contribution in [0.4, 0.5) is 5.00 Å². The van der Waals surface area contributed by atoms with Crippen LogP contribution in [0.3, 0.4) is 0 Å². The molecule has 3 aromatic rings. The molecule has 9 nitrogen and oxygen atoms in total. The van der Waals surface area contributed by atoms with Gasteiger partial charge in [-0.25, -0.2) is 9.59 Å². The third-order valence-corrected chi connectivity index (χ3v) is 6.67. The quantitative estimate of drug-likeness (QED) is 0.363. The van der Waals surface area contributed by atoms with Crippen molar-refractivity contribution in [3.8, 4) is 6.07 Å². The minimum atomic E-state index is -0.788. The Labute approximate surface area is 210 Å². The fourth-order valence-corrected chi connectivity index (χ4v) is 4.75. The highest BCUT2D eigenvalue weighted by molar-refractivity contribution is 7.18. The highest BCUT2D eigenvalue weighted by Crippen LogP contribution is 2.32. The number of rotatable bonds is 8. The molecule has 1 aliphatic rings. The van der Waals surface area contributed by atoms with Gasteiger partial charge in [0.1, 0.15) is 22.6 Å². The van der Waals surface area contributed by atoms with Crippen molar-refractivity contribution in [2.45, 2.75) is 20.0 Å². The van der Waals surface area contributed by atoms with E-state index in [0.29, 0.717) is 6.42 Å². The summed E-state index contributed by atoms with van der Waals surface area (Å²) in [7, 11) is 0. The summed E-state index contributed by atoms with van der Waals surface area (Å²) in [6.07, 6.45) is 0.509. The van der Waals surface area contributed by atoms with Crippen LogP contribution in [0, 0.1) is 11.3 Å². The normalized spacial score (nSPS) is 12.3. The lowest BCUT2D eigenvalue weighted by Gasteiger charge is -2.13. The van der Waals surface area contributed by atoms with Crippen molar-refractivity contribution in [2.75, 3.05) is 18.9 Å². The number of esters is 2. The lowest BCUT2D eigenvalue weighted by molar-refractivity contribution is 0.0452. The Balaban J connectivity index is 1.49. The van der Waals surface area contributed by atoms with E-state index in [4.69, 9.17) is 15.2 Å². The molecule has 4 rings (SSSR count). The van der Waals surface area contributed by atoms with Crippen molar-refractivity contribution in [3.05, 3.63) is 86.8 Å². The van der Waals surface area contributed by atoms with E-state index in [1.165, 1.54) is 18.2 Å². The molecule has 0 radical (unpaired) electrons. The average Bonchev–Trinajstić information content (AvgIpc) is 3.34. The van der Waals surface area contributed by atoms with E-state index in [-0.39, 0.29) is 50.8 Å². The van der Waals surface area contributed by atoms with Crippen LogP contribution in [-0.2, 0) is 22.5 Å². The predicted octanol–water partition coefficient (Wildman–Crippen LogP) is 3.57. The third-order valence-electron chi connectivity index (χ3n) is 5.63. The molecule has 0 saturated carbocycles. The molecule has 0 spiro atoms. The zero-order valence-corrected chi connectivity index (χ0v) is 20.1. The number of benzene rings is 2. The number of amides is 2. The summed E-state index contributed by atoms with van der Waals surface area (Å²) in [4.78, 5) is 51.9. The van der Waals surface area contributed by atoms with Gasteiger partial charge in [0.25, 0.3) is 11.8 Å². The molecule has 2 aromatic carbocycles. The van der Waals surface area contributed by atoms with Crippen LogP contribution < -0.4 is 5.73 Å². The largest absolute Gasteiger partial charge is 0.462 e. The number of imide groups is 1. The number of anilines is 1.